The Labute approximate surface area is 642 Å². The first kappa shape index (κ1) is 94.3. The third kappa shape index (κ3) is 41.4. The number of thiocarbonyl (C=S) groups is 2. The van der Waals surface area contributed by atoms with Crippen molar-refractivity contribution < 1.29 is 154 Å². The second-order valence-corrected chi connectivity index (χ2v) is 28.5. The van der Waals surface area contributed by atoms with E-state index in [2.05, 4.69) is 26.6 Å². The number of nitrogens with zero attached hydrogens (tertiary/aromatic N) is 2. The van der Waals surface area contributed by atoms with Crippen LogP contribution in [0, 0.1) is 0 Å². The second kappa shape index (κ2) is 54.5. The van der Waals surface area contributed by atoms with Crippen LogP contribution < -0.4 is 36.1 Å². The van der Waals surface area contributed by atoms with E-state index in [1.54, 1.807) is 53.4 Å². The summed E-state index contributed by atoms with van der Waals surface area (Å²) in [4.78, 5) is 88.0. The summed E-state index contributed by atoms with van der Waals surface area (Å²) in [5, 5.41) is 77.3. The number of anilines is 2. The van der Waals surface area contributed by atoms with E-state index in [0.29, 0.717) is 134 Å². The zero-order valence-electron chi connectivity index (χ0n) is 60.6. The normalized spacial score (nSPS) is 20.8. The highest BCUT2D eigenvalue weighted by Crippen LogP contribution is 2.39. The summed E-state index contributed by atoms with van der Waals surface area (Å²) in [5.41, 5.74) is 1.18. The molecule has 4 unspecified atom stereocenters. The molecule has 109 heavy (non-hydrogen) atoms. The van der Waals surface area contributed by atoms with Crippen molar-refractivity contribution in [2.45, 2.75) is 87.1 Å². The molecule has 0 aliphatic carbocycles. The summed E-state index contributed by atoms with van der Waals surface area (Å²) in [5.74, 6) is -0.832. The van der Waals surface area contributed by atoms with Crippen LogP contribution in [-0.2, 0) is 94.6 Å². The van der Waals surface area contributed by atoms with E-state index in [9.17, 15) is 78.5 Å². The SMILES string of the molecule is O=C(CCN1C(=O)C=CC1=O)NCCOCCOCCOCCOCCOCCOCCC(=O)N(CCOCCOCCOCCNC(=S)Nc1ccc(O[C@H]2OC(CCP(=O)(O)O)[C@@H](O)[C@H](O)C2O)cc1)CCOCCOCCOCCNC(=S)Nc1ccc(O[C@H]2OC(CCP(=O)(O)O)[C@@H](O)[C@H](O)C2O)cc1. The summed E-state index contributed by atoms with van der Waals surface area (Å²) in [7, 11) is -8.82. The third-order valence-electron chi connectivity index (χ3n) is 15.7. The van der Waals surface area contributed by atoms with Gasteiger partial charge in [-0.2, -0.15) is 0 Å². The van der Waals surface area contributed by atoms with Crippen LogP contribution in [0.1, 0.15) is 25.7 Å². The number of benzene rings is 2. The van der Waals surface area contributed by atoms with Crippen molar-refractivity contribution in [1.29, 1.82) is 0 Å². The highest BCUT2D eigenvalue weighted by molar-refractivity contribution is 7.80. The van der Waals surface area contributed by atoms with Crippen LogP contribution in [0.2, 0.25) is 0 Å². The van der Waals surface area contributed by atoms with Crippen molar-refractivity contribution in [2.75, 3.05) is 221 Å². The Morgan fingerprint density at radius 3 is 1.07 bits per heavy atom. The second-order valence-electron chi connectivity index (χ2n) is 24.2. The molecule has 0 aromatic heterocycles. The smallest absolute Gasteiger partial charge is 0.325 e. The van der Waals surface area contributed by atoms with Crippen LogP contribution in [0.4, 0.5) is 11.4 Å². The highest BCUT2D eigenvalue weighted by Gasteiger charge is 2.47. The van der Waals surface area contributed by atoms with Gasteiger partial charge in [-0.3, -0.25) is 33.2 Å². The molecule has 3 aliphatic heterocycles. The zero-order chi connectivity index (χ0) is 79.1. The Kier molecular flexibility index (Phi) is 47.1. The van der Waals surface area contributed by atoms with Gasteiger partial charge in [0.25, 0.3) is 11.8 Å². The van der Waals surface area contributed by atoms with Gasteiger partial charge in [0.05, 0.1) is 190 Å². The lowest BCUT2D eigenvalue weighted by atomic mass is 9.97. The molecule has 3 heterocycles. The first-order valence-electron chi connectivity index (χ1n) is 35.5. The molecule has 39 nitrogen and oxygen atoms in total. The van der Waals surface area contributed by atoms with Gasteiger partial charge in [-0.05, 0) is 85.8 Å². The minimum absolute atomic E-state index is 0.00930. The molecule has 0 spiro atoms. The largest absolute Gasteiger partial charge is 0.462 e. The average molecular weight is 1640 g/mol. The minimum Gasteiger partial charge on any atom is -0.462 e. The first-order chi connectivity index (χ1) is 52.4. The summed E-state index contributed by atoms with van der Waals surface area (Å²) in [6.07, 6.45) is -14.3. The molecule has 2 fully saturated rings. The van der Waals surface area contributed by atoms with Gasteiger partial charge in [-0.1, -0.05) is 0 Å². The Hall–Kier alpha value is -5.26. The van der Waals surface area contributed by atoms with Gasteiger partial charge >= 0.3 is 15.2 Å². The van der Waals surface area contributed by atoms with E-state index in [1.807, 2.05) is 0 Å². The van der Waals surface area contributed by atoms with Crippen LogP contribution in [-0.4, -0.2) is 365 Å². The Morgan fingerprint density at radius 1 is 0.422 bits per heavy atom. The molecule has 620 valence electrons. The number of hydrogen-bond acceptors (Lipinski definition) is 30. The lowest BCUT2D eigenvalue weighted by Crippen LogP contribution is -2.59. The minimum atomic E-state index is -4.41. The number of amides is 4. The van der Waals surface area contributed by atoms with Gasteiger partial charge in [0.15, 0.2) is 10.2 Å². The van der Waals surface area contributed by atoms with E-state index in [4.69, 9.17) is 100 Å². The van der Waals surface area contributed by atoms with Gasteiger partial charge in [-0.25, -0.2) is 0 Å². The fourth-order valence-corrected chi connectivity index (χ4v) is 11.6. The maximum absolute atomic E-state index is 13.4. The van der Waals surface area contributed by atoms with Crippen LogP contribution in [0.25, 0.3) is 0 Å². The number of ether oxygens (including phenoxy) is 16. The summed E-state index contributed by atoms with van der Waals surface area (Å²) < 4.78 is 113. The van der Waals surface area contributed by atoms with Gasteiger partial charge < -0.3 is 157 Å². The van der Waals surface area contributed by atoms with E-state index >= 15 is 0 Å². The predicted molar refractivity (Wildman–Crippen MR) is 394 cm³/mol. The Morgan fingerprint density at radius 2 is 0.734 bits per heavy atom. The quantitative estimate of drug-likeness (QED) is 0.0139. The van der Waals surface area contributed by atoms with E-state index in [0.717, 1.165) is 4.90 Å². The molecule has 2 aromatic carbocycles. The molecule has 2 aromatic rings. The van der Waals surface area contributed by atoms with E-state index in [1.165, 1.54) is 12.2 Å². The molecule has 5 rings (SSSR count). The number of aliphatic hydroxyl groups is 6. The number of imide groups is 1. The zero-order valence-corrected chi connectivity index (χ0v) is 64.0. The molecular weight excluding hydrogens is 1530 g/mol. The van der Waals surface area contributed by atoms with Crippen molar-refractivity contribution in [1.82, 2.24) is 25.8 Å². The summed E-state index contributed by atoms with van der Waals surface area (Å²) in [6, 6.07) is 12.7. The predicted octanol–water partition coefficient (Wildman–Crippen LogP) is -2.68. The fraction of sp³-hybridized carbons (Fsp3) is 0.697. The van der Waals surface area contributed by atoms with Crippen LogP contribution >= 0.6 is 39.6 Å². The van der Waals surface area contributed by atoms with Crippen molar-refractivity contribution >= 4 is 84.9 Å². The fourth-order valence-electron chi connectivity index (χ4n) is 9.95. The van der Waals surface area contributed by atoms with Gasteiger partial charge in [0.1, 0.15) is 48.1 Å². The Bertz CT molecular complexity index is 2890. The molecule has 2 saturated heterocycles. The highest BCUT2D eigenvalue weighted by atomic mass is 32.1. The van der Waals surface area contributed by atoms with Crippen molar-refractivity contribution in [3.63, 3.8) is 0 Å². The van der Waals surface area contributed by atoms with E-state index < -0.39 is 101 Å². The number of carbonyl (C=O) groups is 4. The van der Waals surface area contributed by atoms with Crippen molar-refractivity contribution in [3.05, 3.63) is 60.7 Å². The van der Waals surface area contributed by atoms with Gasteiger partial charge in [0, 0.05) is 69.2 Å². The summed E-state index contributed by atoms with van der Waals surface area (Å²) >= 11 is 10.8. The van der Waals surface area contributed by atoms with E-state index in [-0.39, 0.29) is 135 Å². The van der Waals surface area contributed by atoms with Crippen LogP contribution in [0.5, 0.6) is 11.5 Å². The number of aliphatic hydroxyl groups excluding tert-OH is 6. The van der Waals surface area contributed by atoms with Crippen LogP contribution in [0.3, 0.4) is 0 Å². The molecule has 4 amide bonds. The number of hydrogen-bond donors (Lipinski definition) is 15. The third-order valence-corrected chi connectivity index (χ3v) is 17.9. The topological polar surface area (TPSA) is 519 Å². The monoisotopic (exact) mass is 1640 g/mol. The lowest BCUT2D eigenvalue weighted by Gasteiger charge is -2.40. The Balaban J connectivity index is 0.875. The number of rotatable bonds is 60. The average Bonchev–Trinajstić information content (AvgIpc) is 1.000. The number of nitrogens with one attached hydrogen (secondary N) is 5. The van der Waals surface area contributed by atoms with Crippen LogP contribution in [0.15, 0.2) is 60.7 Å². The maximum Gasteiger partial charge on any atom is 0.325 e. The van der Waals surface area contributed by atoms with Crippen molar-refractivity contribution in [3.8, 4) is 11.5 Å². The maximum atomic E-state index is 13.4. The number of carbonyl (C=O) groups excluding carboxylic acids is 4. The standard InChI is InChI=1S/C66H107N7O32P2S2/c74-53(11-18-73-55(76)9-10-56(73)77)67-15-22-91-28-34-99-40-42-101-44-43-100-41-39-96-33-27-90-21-12-54(75)72(19-25-94-31-37-97-35-29-92-23-16-68-65(108)70-47-1-5-49(6-2-47)102-63-61(82)59(80)57(78)51(104-63)13-45-106(84,85)86)20-26-95-32-38-98-36-30-93-24-17-69-66(109)71-48-3-7-50(8-4-48)103-64-62(83)60(81)58(79)52(105-64)14-46-107(87,88)89/h1-10,51-52,57-64,78-83H,11-46H2,(H,67,74)(H2,68,70,108)(H2,69,71,109)(H2,84,85,86)(H2,87,88,89)/t51?,52?,57-,58-,59+,60+,61?,62?,63+,64+/m1/s1. The van der Waals surface area contributed by atoms with Gasteiger partial charge in [0.2, 0.25) is 24.4 Å². The first-order valence-corrected chi connectivity index (χ1v) is 39.9. The molecule has 10 atom stereocenters. The molecular formula is C66H107N7O32P2S2. The molecule has 3 aliphatic rings. The lowest BCUT2D eigenvalue weighted by molar-refractivity contribution is -0.272. The molecule has 15 N–H and O–H groups in total. The molecule has 0 radical (unpaired) electrons. The van der Waals surface area contributed by atoms with Gasteiger partial charge in [-0.15, -0.1) is 0 Å². The van der Waals surface area contributed by atoms with Crippen molar-refractivity contribution in [2.24, 2.45) is 0 Å². The summed E-state index contributed by atoms with van der Waals surface area (Å²) in [6.45, 7) is 8.84. The molecule has 43 heteroatoms. The molecule has 0 saturated carbocycles. The molecule has 0 bridgehead atoms.